The molecule has 0 spiro atoms. The molecular formula is C12H14N2O. The SMILES string of the molecule is NCc1cccn1Cc1cccc(O)c1. The molecular weight excluding hydrogens is 188 g/mol. The number of phenols is 1. The average Bonchev–Trinajstić information content (AvgIpc) is 2.65. The summed E-state index contributed by atoms with van der Waals surface area (Å²) in [6.45, 7) is 1.28. The lowest BCUT2D eigenvalue weighted by Gasteiger charge is -2.07. The molecule has 0 saturated heterocycles. The molecule has 0 bridgehead atoms. The summed E-state index contributed by atoms with van der Waals surface area (Å²) < 4.78 is 2.08. The molecule has 0 amide bonds. The Balaban J connectivity index is 2.22. The van der Waals surface area contributed by atoms with Gasteiger partial charge < -0.3 is 15.4 Å². The second-order valence-electron chi connectivity index (χ2n) is 3.50. The van der Waals surface area contributed by atoms with Crippen LogP contribution < -0.4 is 5.73 Å². The molecule has 1 aromatic heterocycles. The molecule has 3 nitrogen and oxygen atoms in total. The average molecular weight is 202 g/mol. The van der Waals surface area contributed by atoms with Gasteiger partial charge in [-0.05, 0) is 29.8 Å². The number of phenolic OH excluding ortho intramolecular Hbond substituents is 1. The fourth-order valence-electron chi connectivity index (χ4n) is 1.64. The monoisotopic (exact) mass is 202 g/mol. The third-order valence-corrected chi connectivity index (χ3v) is 2.40. The second kappa shape index (κ2) is 4.19. The fraction of sp³-hybridized carbons (Fsp3) is 0.167. The van der Waals surface area contributed by atoms with E-state index in [-0.39, 0.29) is 0 Å². The van der Waals surface area contributed by atoms with Gasteiger partial charge in [0.2, 0.25) is 0 Å². The van der Waals surface area contributed by atoms with E-state index in [4.69, 9.17) is 5.73 Å². The lowest BCUT2D eigenvalue weighted by atomic mass is 10.2. The van der Waals surface area contributed by atoms with Crippen LogP contribution in [0.4, 0.5) is 0 Å². The quantitative estimate of drug-likeness (QED) is 0.796. The minimum Gasteiger partial charge on any atom is -0.508 e. The summed E-state index contributed by atoms with van der Waals surface area (Å²) in [6.07, 6.45) is 1.99. The smallest absolute Gasteiger partial charge is 0.115 e. The molecule has 1 heterocycles. The highest BCUT2D eigenvalue weighted by molar-refractivity contribution is 5.27. The van der Waals surface area contributed by atoms with Gasteiger partial charge in [0.15, 0.2) is 0 Å². The Kier molecular flexibility index (Phi) is 2.74. The largest absolute Gasteiger partial charge is 0.508 e. The van der Waals surface area contributed by atoms with Crippen molar-refractivity contribution in [1.29, 1.82) is 0 Å². The number of nitrogens with two attached hydrogens (primary N) is 1. The van der Waals surface area contributed by atoms with Gasteiger partial charge in [0.1, 0.15) is 5.75 Å². The van der Waals surface area contributed by atoms with Crippen molar-refractivity contribution in [3.05, 3.63) is 53.9 Å². The highest BCUT2D eigenvalue weighted by atomic mass is 16.3. The van der Waals surface area contributed by atoms with Gasteiger partial charge in [-0.1, -0.05) is 12.1 Å². The maximum absolute atomic E-state index is 9.33. The zero-order valence-corrected chi connectivity index (χ0v) is 8.43. The minimum atomic E-state index is 0.300. The maximum Gasteiger partial charge on any atom is 0.115 e. The van der Waals surface area contributed by atoms with Crippen molar-refractivity contribution in [1.82, 2.24) is 4.57 Å². The molecule has 0 aliphatic rings. The number of rotatable bonds is 3. The van der Waals surface area contributed by atoms with Crippen molar-refractivity contribution < 1.29 is 5.11 Å². The van der Waals surface area contributed by atoms with Gasteiger partial charge in [-0.3, -0.25) is 0 Å². The van der Waals surface area contributed by atoms with Crippen molar-refractivity contribution >= 4 is 0 Å². The Morgan fingerprint density at radius 2 is 2.07 bits per heavy atom. The summed E-state index contributed by atoms with van der Waals surface area (Å²) in [5, 5.41) is 9.33. The van der Waals surface area contributed by atoms with Crippen LogP contribution in [0.1, 0.15) is 11.3 Å². The van der Waals surface area contributed by atoms with Gasteiger partial charge in [-0.15, -0.1) is 0 Å². The molecule has 0 unspecified atom stereocenters. The zero-order chi connectivity index (χ0) is 10.7. The summed E-state index contributed by atoms with van der Waals surface area (Å²) in [6, 6.07) is 11.2. The van der Waals surface area contributed by atoms with E-state index in [1.807, 2.05) is 30.5 Å². The molecule has 3 N–H and O–H groups in total. The molecule has 15 heavy (non-hydrogen) atoms. The van der Waals surface area contributed by atoms with Crippen LogP contribution in [0.25, 0.3) is 0 Å². The number of nitrogens with zero attached hydrogens (tertiary/aromatic N) is 1. The molecule has 78 valence electrons. The van der Waals surface area contributed by atoms with E-state index in [9.17, 15) is 5.11 Å². The standard InChI is InChI=1S/C12H14N2O/c13-8-11-4-2-6-14(11)9-10-3-1-5-12(15)7-10/h1-7,15H,8-9,13H2. The molecule has 0 aliphatic carbocycles. The fourth-order valence-corrected chi connectivity index (χ4v) is 1.64. The van der Waals surface area contributed by atoms with Crippen molar-refractivity contribution in [2.75, 3.05) is 0 Å². The molecule has 2 aromatic rings. The Labute approximate surface area is 88.8 Å². The highest BCUT2D eigenvalue weighted by Gasteiger charge is 2.00. The van der Waals surface area contributed by atoms with E-state index in [1.165, 1.54) is 0 Å². The number of aromatic hydroxyl groups is 1. The van der Waals surface area contributed by atoms with Crippen molar-refractivity contribution in [3.8, 4) is 5.75 Å². The van der Waals surface area contributed by atoms with E-state index < -0.39 is 0 Å². The first-order chi connectivity index (χ1) is 7.29. The Hall–Kier alpha value is -1.74. The summed E-state index contributed by atoms with van der Waals surface area (Å²) in [5.74, 6) is 0.300. The second-order valence-corrected chi connectivity index (χ2v) is 3.50. The maximum atomic E-state index is 9.33. The lowest BCUT2D eigenvalue weighted by molar-refractivity contribution is 0.474. The van der Waals surface area contributed by atoms with Crippen molar-refractivity contribution in [2.45, 2.75) is 13.1 Å². The predicted molar refractivity (Wildman–Crippen MR) is 59.5 cm³/mol. The van der Waals surface area contributed by atoms with Gasteiger partial charge in [-0.2, -0.15) is 0 Å². The van der Waals surface area contributed by atoms with E-state index >= 15 is 0 Å². The number of aromatic nitrogens is 1. The van der Waals surface area contributed by atoms with Crippen LogP contribution in [0, 0.1) is 0 Å². The first kappa shape index (κ1) is 9.80. The predicted octanol–water partition coefficient (Wildman–Crippen LogP) is 1.70. The van der Waals surface area contributed by atoms with E-state index in [2.05, 4.69) is 4.57 Å². The van der Waals surface area contributed by atoms with Crippen molar-refractivity contribution in [3.63, 3.8) is 0 Å². The highest BCUT2D eigenvalue weighted by Crippen LogP contribution is 2.13. The summed E-state index contributed by atoms with van der Waals surface area (Å²) in [4.78, 5) is 0. The van der Waals surface area contributed by atoms with Crippen LogP contribution in [0.5, 0.6) is 5.75 Å². The third-order valence-electron chi connectivity index (χ3n) is 2.40. The van der Waals surface area contributed by atoms with Crippen LogP contribution in [-0.2, 0) is 13.1 Å². The zero-order valence-electron chi connectivity index (χ0n) is 8.43. The van der Waals surface area contributed by atoms with Crippen molar-refractivity contribution in [2.24, 2.45) is 5.73 Å². The van der Waals surface area contributed by atoms with Gasteiger partial charge >= 0.3 is 0 Å². The molecule has 0 radical (unpaired) electrons. The van der Waals surface area contributed by atoms with E-state index in [0.717, 1.165) is 17.8 Å². The molecule has 0 fully saturated rings. The lowest BCUT2D eigenvalue weighted by Crippen LogP contribution is -2.07. The number of benzene rings is 1. The van der Waals surface area contributed by atoms with Gasteiger partial charge in [0.25, 0.3) is 0 Å². The topological polar surface area (TPSA) is 51.2 Å². The Morgan fingerprint density at radius 1 is 1.20 bits per heavy atom. The summed E-state index contributed by atoms with van der Waals surface area (Å²) in [7, 11) is 0. The number of hydrogen-bond donors (Lipinski definition) is 2. The van der Waals surface area contributed by atoms with Gasteiger partial charge in [0, 0.05) is 25.0 Å². The Morgan fingerprint density at radius 3 is 2.80 bits per heavy atom. The molecule has 0 saturated carbocycles. The third kappa shape index (κ3) is 2.19. The van der Waals surface area contributed by atoms with Gasteiger partial charge in [0.05, 0.1) is 0 Å². The van der Waals surface area contributed by atoms with E-state index in [1.54, 1.807) is 12.1 Å². The molecule has 1 aromatic carbocycles. The first-order valence-electron chi connectivity index (χ1n) is 4.91. The summed E-state index contributed by atoms with van der Waals surface area (Å²) >= 11 is 0. The molecule has 0 aliphatic heterocycles. The minimum absolute atomic E-state index is 0.300. The normalized spacial score (nSPS) is 10.5. The van der Waals surface area contributed by atoms with Crippen LogP contribution in [0.15, 0.2) is 42.6 Å². The van der Waals surface area contributed by atoms with E-state index in [0.29, 0.717) is 12.3 Å². The van der Waals surface area contributed by atoms with Crippen LogP contribution in [0.2, 0.25) is 0 Å². The van der Waals surface area contributed by atoms with Crippen LogP contribution in [-0.4, -0.2) is 9.67 Å². The van der Waals surface area contributed by atoms with Crippen LogP contribution in [0.3, 0.4) is 0 Å². The molecule has 2 rings (SSSR count). The molecule has 3 heteroatoms. The number of hydrogen-bond acceptors (Lipinski definition) is 2. The first-order valence-corrected chi connectivity index (χ1v) is 4.91. The van der Waals surface area contributed by atoms with Crippen LogP contribution >= 0.6 is 0 Å². The summed E-state index contributed by atoms with van der Waals surface area (Å²) in [5.41, 5.74) is 7.77. The Bertz CT molecular complexity index is 448. The van der Waals surface area contributed by atoms with Gasteiger partial charge in [-0.25, -0.2) is 0 Å². The molecule has 0 atom stereocenters.